The Hall–Kier alpha value is -0.840. The first kappa shape index (κ1) is 9.25. The summed E-state index contributed by atoms with van der Waals surface area (Å²) in [4.78, 5) is 13.3. The van der Waals surface area contributed by atoms with E-state index in [1.54, 1.807) is 4.90 Å². The Morgan fingerprint density at radius 1 is 1.92 bits per heavy atom. The van der Waals surface area contributed by atoms with Crippen LogP contribution in [0.2, 0.25) is 0 Å². The van der Waals surface area contributed by atoms with Crippen molar-refractivity contribution in [3.05, 3.63) is 0 Å². The van der Waals surface area contributed by atoms with Crippen molar-refractivity contribution >= 4 is 23.3 Å². The molecular weight excluding hydrogens is 176 g/mol. The number of rotatable bonds is 2. The van der Waals surface area contributed by atoms with Crippen molar-refractivity contribution in [1.82, 2.24) is 10.2 Å². The van der Waals surface area contributed by atoms with E-state index in [4.69, 9.17) is 17.0 Å². The summed E-state index contributed by atoms with van der Waals surface area (Å²) in [5.74, 6) is 0. The summed E-state index contributed by atoms with van der Waals surface area (Å²) in [6, 6.07) is 0. The maximum Gasteiger partial charge on any atom is 0.409 e. The molecule has 1 fully saturated rings. The summed E-state index contributed by atoms with van der Waals surface area (Å²) < 4.78 is 4.93. The van der Waals surface area contributed by atoms with Gasteiger partial charge in [0.05, 0.1) is 11.5 Å². The third-order valence-electron chi connectivity index (χ3n) is 1.79. The Morgan fingerprint density at radius 2 is 2.58 bits per heavy atom. The van der Waals surface area contributed by atoms with Crippen LogP contribution in [0.25, 0.3) is 0 Å². The normalized spacial score (nSPS) is 21.5. The maximum absolute atomic E-state index is 10.7. The second-order valence-electron chi connectivity index (χ2n) is 2.60. The van der Waals surface area contributed by atoms with E-state index in [-0.39, 0.29) is 12.3 Å². The van der Waals surface area contributed by atoms with Crippen LogP contribution in [0.5, 0.6) is 0 Å². The lowest BCUT2D eigenvalue weighted by Gasteiger charge is -2.23. The third kappa shape index (κ3) is 1.85. The highest BCUT2D eigenvalue weighted by Gasteiger charge is 2.26. The number of carbonyl (C=O) groups excluding carboxylic acids is 1. The number of cyclic esters (lactones) is 1. The molecule has 0 spiro atoms. The van der Waals surface area contributed by atoms with Gasteiger partial charge in [0.2, 0.25) is 0 Å². The van der Waals surface area contributed by atoms with Gasteiger partial charge in [0.1, 0.15) is 0 Å². The first-order chi connectivity index (χ1) is 5.65. The molecule has 0 aromatic carbocycles. The molecule has 4 nitrogen and oxygen atoms in total. The molecule has 1 rings (SSSR count). The van der Waals surface area contributed by atoms with E-state index in [9.17, 15) is 4.79 Å². The van der Waals surface area contributed by atoms with Gasteiger partial charge in [-0.3, -0.25) is 0 Å². The highest BCUT2D eigenvalue weighted by molar-refractivity contribution is 7.80. The summed E-state index contributed by atoms with van der Waals surface area (Å²) in [6.07, 6.45) is 0.190. The zero-order chi connectivity index (χ0) is 9.14. The number of alkyl carbamates (subject to hydrolysis) is 1. The van der Waals surface area contributed by atoms with Crippen molar-refractivity contribution in [3.63, 3.8) is 0 Å². The lowest BCUT2D eigenvalue weighted by Crippen LogP contribution is -2.37. The number of nitrogens with one attached hydrogen (secondary N) is 1. The smallest absolute Gasteiger partial charge is 0.409 e. The van der Waals surface area contributed by atoms with Gasteiger partial charge < -0.3 is 15.0 Å². The molecule has 12 heavy (non-hydrogen) atoms. The minimum Gasteiger partial charge on any atom is -0.423 e. The topological polar surface area (TPSA) is 41.6 Å². The molecule has 1 atom stereocenters. The second kappa shape index (κ2) is 3.71. The number of amides is 1. The Labute approximate surface area is 76.9 Å². The van der Waals surface area contributed by atoms with Crippen molar-refractivity contribution < 1.29 is 9.53 Å². The van der Waals surface area contributed by atoms with Crippen LogP contribution in [0.1, 0.15) is 13.3 Å². The largest absolute Gasteiger partial charge is 0.423 e. The Morgan fingerprint density at radius 3 is 3.00 bits per heavy atom. The molecule has 0 aliphatic carbocycles. The highest BCUT2D eigenvalue weighted by Crippen LogP contribution is 2.06. The molecule has 1 unspecified atom stereocenters. The van der Waals surface area contributed by atoms with Gasteiger partial charge in [0.25, 0.3) is 0 Å². The number of hydrogen-bond acceptors (Lipinski definition) is 3. The third-order valence-corrected chi connectivity index (χ3v) is 2.37. The van der Waals surface area contributed by atoms with E-state index in [2.05, 4.69) is 5.32 Å². The molecule has 0 bridgehead atoms. The number of likely N-dealkylation sites (N-methyl/N-ethyl adjacent to an activating group) is 1. The molecule has 0 aromatic heterocycles. The van der Waals surface area contributed by atoms with Crippen LogP contribution in [0.3, 0.4) is 0 Å². The van der Waals surface area contributed by atoms with Gasteiger partial charge in [-0.25, -0.2) is 4.79 Å². The lowest BCUT2D eigenvalue weighted by atomic mass is 10.4. The van der Waals surface area contributed by atoms with Crippen molar-refractivity contribution in [1.29, 1.82) is 0 Å². The van der Waals surface area contributed by atoms with Gasteiger partial charge in [-0.2, -0.15) is 0 Å². The minimum absolute atomic E-state index is 0.232. The molecule has 68 valence electrons. The van der Waals surface area contributed by atoms with Gasteiger partial charge in [-0.1, -0.05) is 19.1 Å². The lowest BCUT2D eigenvalue weighted by molar-refractivity contribution is 0.0786. The van der Waals surface area contributed by atoms with E-state index in [1.807, 2.05) is 14.0 Å². The molecule has 0 aromatic rings. The van der Waals surface area contributed by atoms with Crippen LogP contribution in [0.4, 0.5) is 4.79 Å². The number of thiocarbonyl (C=S) groups is 1. The van der Waals surface area contributed by atoms with Crippen molar-refractivity contribution in [2.75, 3.05) is 13.6 Å². The molecule has 1 heterocycles. The predicted molar refractivity (Wildman–Crippen MR) is 48.9 cm³/mol. The molecule has 1 amide bonds. The highest BCUT2D eigenvalue weighted by atomic mass is 32.1. The second-order valence-corrected chi connectivity index (χ2v) is 3.07. The summed E-state index contributed by atoms with van der Waals surface area (Å²) in [5, 5.41) is 2.57. The van der Waals surface area contributed by atoms with Crippen molar-refractivity contribution in [3.8, 4) is 0 Å². The molecule has 1 aliphatic heterocycles. The fourth-order valence-electron chi connectivity index (χ4n) is 1.00. The van der Waals surface area contributed by atoms with Crippen LogP contribution in [-0.2, 0) is 4.74 Å². The van der Waals surface area contributed by atoms with Crippen LogP contribution in [0.15, 0.2) is 0 Å². The molecular formula is C7H12N2O2S. The number of ether oxygens (including phenoxy) is 1. The SMILES string of the molecule is CCC(=S)N(C)C1CNC(=O)O1. The first-order valence-corrected chi connectivity index (χ1v) is 4.26. The fourth-order valence-corrected chi connectivity index (χ4v) is 1.12. The number of hydrogen-bond donors (Lipinski definition) is 1. The van der Waals surface area contributed by atoms with E-state index < -0.39 is 0 Å². The van der Waals surface area contributed by atoms with E-state index in [0.29, 0.717) is 6.54 Å². The monoisotopic (exact) mass is 188 g/mol. The number of carbonyl (C=O) groups is 1. The van der Waals surface area contributed by atoms with Gasteiger partial charge in [-0.15, -0.1) is 0 Å². The molecule has 5 heteroatoms. The standard InChI is InChI=1S/C7H12N2O2S/c1-3-6(12)9(2)5-4-8-7(10)11-5/h5H,3-4H2,1-2H3,(H,8,10). The minimum atomic E-state index is -0.370. The average Bonchev–Trinajstić information content (AvgIpc) is 2.49. The summed E-state index contributed by atoms with van der Waals surface area (Å²) in [7, 11) is 1.83. The van der Waals surface area contributed by atoms with Crippen LogP contribution < -0.4 is 5.32 Å². The van der Waals surface area contributed by atoms with Crippen molar-refractivity contribution in [2.24, 2.45) is 0 Å². The van der Waals surface area contributed by atoms with Crippen LogP contribution >= 0.6 is 12.2 Å². The van der Waals surface area contributed by atoms with Gasteiger partial charge >= 0.3 is 6.09 Å². The van der Waals surface area contributed by atoms with Gasteiger partial charge in [0, 0.05) is 7.05 Å². The summed E-state index contributed by atoms with van der Waals surface area (Å²) in [5.41, 5.74) is 0. The van der Waals surface area contributed by atoms with Gasteiger partial charge in [-0.05, 0) is 6.42 Å². The predicted octanol–water partition coefficient (Wildman–Crippen LogP) is 0.722. The first-order valence-electron chi connectivity index (χ1n) is 3.85. The summed E-state index contributed by atoms with van der Waals surface area (Å²) in [6.45, 7) is 2.48. The summed E-state index contributed by atoms with van der Waals surface area (Å²) >= 11 is 5.06. The quantitative estimate of drug-likeness (QED) is 0.648. The fraction of sp³-hybridized carbons (Fsp3) is 0.714. The number of nitrogens with zero attached hydrogens (tertiary/aromatic N) is 1. The zero-order valence-electron chi connectivity index (χ0n) is 7.16. The average molecular weight is 188 g/mol. The van der Waals surface area contributed by atoms with Crippen LogP contribution in [0, 0.1) is 0 Å². The Bertz CT molecular complexity index is 208. The maximum atomic E-state index is 10.7. The van der Waals surface area contributed by atoms with E-state index >= 15 is 0 Å². The molecule has 1 saturated heterocycles. The van der Waals surface area contributed by atoms with Crippen LogP contribution in [-0.4, -0.2) is 35.8 Å². The molecule has 1 aliphatic rings. The molecule has 1 N–H and O–H groups in total. The van der Waals surface area contributed by atoms with Crippen molar-refractivity contribution in [2.45, 2.75) is 19.6 Å². The zero-order valence-corrected chi connectivity index (χ0v) is 7.98. The van der Waals surface area contributed by atoms with Gasteiger partial charge in [0.15, 0.2) is 6.23 Å². The molecule has 0 radical (unpaired) electrons. The Kier molecular flexibility index (Phi) is 2.86. The Balaban J connectivity index is 2.48. The van der Waals surface area contributed by atoms with E-state index in [0.717, 1.165) is 11.4 Å². The molecule has 0 saturated carbocycles. The van der Waals surface area contributed by atoms with E-state index in [1.165, 1.54) is 0 Å².